The van der Waals surface area contributed by atoms with Gasteiger partial charge in [-0.25, -0.2) is 14.8 Å². The van der Waals surface area contributed by atoms with E-state index in [2.05, 4.69) is 16.9 Å². The van der Waals surface area contributed by atoms with Crippen molar-refractivity contribution in [3.63, 3.8) is 0 Å². The highest BCUT2D eigenvalue weighted by Crippen LogP contribution is 2.23. The van der Waals surface area contributed by atoms with Crippen LogP contribution >= 0.6 is 11.8 Å². The zero-order valence-corrected chi connectivity index (χ0v) is 20.2. The van der Waals surface area contributed by atoms with Crippen molar-refractivity contribution in [1.29, 1.82) is 5.26 Å². The maximum absolute atomic E-state index is 13.0. The second-order valence-corrected chi connectivity index (χ2v) is 8.73. The Labute approximate surface area is 192 Å². The van der Waals surface area contributed by atoms with Gasteiger partial charge in [-0.05, 0) is 12.8 Å². The van der Waals surface area contributed by atoms with Crippen LogP contribution in [0, 0.1) is 11.3 Å². The first-order valence-corrected chi connectivity index (χ1v) is 12.1. The summed E-state index contributed by atoms with van der Waals surface area (Å²) in [5, 5.41) is 9.43. The van der Waals surface area contributed by atoms with Crippen molar-refractivity contribution in [2.45, 2.75) is 70.4 Å². The van der Waals surface area contributed by atoms with Gasteiger partial charge in [0, 0.05) is 33.6 Å². The van der Waals surface area contributed by atoms with Crippen molar-refractivity contribution in [2.75, 3.05) is 19.3 Å². The Balaban J connectivity index is 2.50. The molecule has 0 atom stereocenters. The number of carbonyl (C=O) groups excluding carboxylic acids is 1. The summed E-state index contributed by atoms with van der Waals surface area (Å²) in [5.41, 5.74) is -0.515. The first-order chi connectivity index (χ1) is 15.3. The molecule has 0 radical (unpaired) electrons. The van der Waals surface area contributed by atoms with Gasteiger partial charge < -0.3 is 4.90 Å². The normalized spacial score (nSPS) is 11.0. The number of thioether (sulfide) groups is 1. The fraction of sp³-hybridized carbons (Fsp3) is 0.636. The highest BCUT2D eigenvalue weighted by molar-refractivity contribution is 8.00. The third-order valence-corrected chi connectivity index (χ3v) is 6.17. The summed E-state index contributed by atoms with van der Waals surface area (Å²) in [6, 6.07) is 2.03. The summed E-state index contributed by atoms with van der Waals surface area (Å²) in [6.45, 7) is 4.89. The van der Waals surface area contributed by atoms with E-state index in [0.29, 0.717) is 42.4 Å². The lowest BCUT2D eigenvalue weighted by molar-refractivity contribution is -0.127. The van der Waals surface area contributed by atoms with Crippen LogP contribution in [0.4, 0.5) is 0 Å². The smallest absolute Gasteiger partial charge is 0.332 e. The van der Waals surface area contributed by atoms with Crippen LogP contribution in [0.25, 0.3) is 11.0 Å². The van der Waals surface area contributed by atoms with Gasteiger partial charge in [0.1, 0.15) is 16.2 Å². The summed E-state index contributed by atoms with van der Waals surface area (Å²) >= 11 is 1.18. The zero-order chi connectivity index (χ0) is 23.7. The Bertz CT molecular complexity index is 1100. The number of hydrogen-bond acceptors (Lipinski definition) is 7. The quantitative estimate of drug-likeness (QED) is 0.271. The molecule has 0 fully saturated rings. The minimum atomic E-state index is -0.456. The number of nitrogens with zero attached hydrogens (tertiary/aromatic N) is 6. The number of fused-ring (bicyclic) bond motifs is 1. The number of carbonyl (C=O) groups is 1. The van der Waals surface area contributed by atoms with Gasteiger partial charge in [0.15, 0.2) is 5.65 Å². The Morgan fingerprint density at radius 3 is 2.56 bits per heavy atom. The third kappa shape index (κ3) is 6.19. The summed E-state index contributed by atoms with van der Waals surface area (Å²) in [6.07, 6.45) is 5.84. The predicted octanol–water partition coefficient (Wildman–Crippen LogP) is 2.49. The first-order valence-electron chi connectivity index (χ1n) is 11.1. The van der Waals surface area contributed by atoms with Crippen LogP contribution in [0.15, 0.2) is 14.6 Å². The number of unbranched alkanes of at least 4 members (excludes halogenated alkanes) is 3. The molecule has 0 aliphatic heterocycles. The molecule has 0 spiro atoms. The number of amides is 1. The molecular weight excluding hydrogens is 428 g/mol. The minimum Gasteiger partial charge on any atom is -0.344 e. The molecule has 0 aromatic carbocycles. The fourth-order valence-corrected chi connectivity index (χ4v) is 4.29. The van der Waals surface area contributed by atoms with Crippen LogP contribution in [0.2, 0.25) is 0 Å². The van der Waals surface area contributed by atoms with Gasteiger partial charge in [-0.15, -0.1) is 0 Å². The maximum atomic E-state index is 13.0. The molecule has 174 valence electrons. The lowest BCUT2D eigenvalue weighted by Crippen LogP contribution is -2.39. The lowest BCUT2D eigenvalue weighted by atomic mass is 10.1. The van der Waals surface area contributed by atoms with E-state index in [1.54, 1.807) is 7.05 Å². The topological polar surface area (TPSA) is 114 Å². The summed E-state index contributed by atoms with van der Waals surface area (Å²) < 4.78 is 2.60. The molecule has 2 heterocycles. The van der Waals surface area contributed by atoms with E-state index in [4.69, 9.17) is 5.26 Å². The molecule has 0 aliphatic carbocycles. The van der Waals surface area contributed by atoms with E-state index in [0.717, 1.165) is 30.3 Å². The van der Waals surface area contributed by atoms with Crippen molar-refractivity contribution < 1.29 is 4.79 Å². The van der Waals surface area contributed by atoms with Crippen LogP contribution in [0.5, 0.6) is 0 Å². The molecule has 0 bridgehead atoms. The van der Waals surface area contributed by atoms with Crippen molar-refractivity contribution in [2.24, 2.45) is 7.05 Å². The number of aromatic nitrogens is 4. The summed E-state index contributed by atoms with van der Waals surface area (Å²) in [7, 11) is 3.10. The van der Waals surface area contributed by atoms with Gasteiger partial charge >= 0.3 is 5.69 Å². The highest BCUT2D eigenvalue weighted by atomic mass is 32.2. The molecular formula is C22H32N6O3S. The van der Waals surface area contributed by atoms with Crippen LogP contribution < -0.4 is 11.2 Å². The minimum absolute atomic E-state index is 0.0827. The molecule has 2 rings (SSSR count). The monoisotopic (exact) mass is 460 g/mol. The average Bonchev–Trinajstić information content (AvgIpc) is 2.79. The molecule has 0 aliphatic rings. The molecule has 0 saturated heterocycles. The SMILES string of the molecule is CCCCCCc1nc(SCC(=O)N(C)CCC#N)c2c(=O)n(C)c(=O)n(CCC)c2n1. The lowest BCUT2D eigenvalue weighted by Gasteiger charge is -2.16. The van der Waals surface area contributed by atoms with Crippen molar-refractivity contribution in [3.05, 3.63) is 26.7 Å². The Morgan fingerprint density at radius 1 is 1.16 bits per heavy atom. The van der Waals surface area contributed by atoms with Crippen LogP contribution in [0.3, 0.4) is 0 Å². The van der Waals surface area contributed by atoms with Gasteiger partial charge in [0.2, 0.25) is 5.91 Å². The average molecular weight is 461 g/mol. The van der Waals surface area contributed by atoms with Gasteiger partial charge in [-0.2, -0.15) is 5.26 Å². The van der Waals surface area contributed by atoms with E-state index in [9.17, 15) is 14.4 Å². The van der Waals surface area contributed by atoms with Gasteiger partial charge in [-0.3, -0.25) is 18.7 Å². The van der Waals surface area contributed by atoms with E-state index >= 15 is 0 Å². The second kappa shape index (κ2) is 12.4. The van der Waals surface area contributed by atoms with Crippen LogP contribution in [0.1, 0.15) is 58.2 Å². The van der Waals surface area contributed by atoms with Crippen molar-refractivity contribution in [1.82, 2.24) is 24.0 Å². The van der Waals surface area contributed by atoms with Gasteiger partial charge in [0.25, 0.3) is 5.56 Å². The molecule has 10 heteroatoms. The Kier molecular flexibility index (Phi) is 9.91. The van der Waals surface area contributed by atoms with Crippen molar-refractivity contribution in [3.8, 4) is 6.07 Å². The summed E-state index contributed by atoms with van der Waals surface area (Å²) in [4.78, 5) is 48.9. The maximum Gasteiger partial charge on any atom is 0.332 e. The Morgan fingerprint density at radius 2 is 1.91 bits per heavy atom. The number of hydrogen-bond donors (Lipinski definition) is 0. The van der Waals surface area contributed by atoms with E-state index in [-0.39, 0.29) is 23.5 Å². The van der Waals surface area contributed by atoms with E-state index in [1.165, 1.54) is 28.3 Å². The molecule has 0 unspecified atom stereocenters. The predicted molar refractivity (Wildman–Crippen MR) is 126 cm³/mol. The van der Waals surface area contributed by atoms with Gasteiger partial charge in [0.05, 0.1) is 18.2 Å². The summed E-state index contributed by atoms with van der Waals surface area (Å²) in [5.74, 6) is 0.512. The highest BCUT2D eigenvalue weighted by Gasteiger charge is 2.20. The first kappa shape index (κ1) is 25.6. The molecule has 0 saturated carbocycles. The number of nitriles is 1. The van der Waals surface area contributed by atoms with Gasteiger partial charge in [-0.1, -0.05) is 44.9 Å². The third-order valence-electron chi connectivity index (χ3n) is 5.21. The molecule has 32 heavy (non-hydrogen) atoms. The van der Waals surface area contributed by atoms with Crippen molar-refractivity contribution >= 4 is 28.7 Å². The Hall–Kier alpha value is -2.67. The number of rotatable bonds is 12. The van der Waals surface area contributed by atoms with E-state index in [1.807, 2.05) is 13.0 Å². The number of aryl methyl sites for hydroxylation is 2. The molecule has 9 nitrogen and oxygen atoms in total. The molecule has 0 N–H and O–H groups in total. The fourth-order valence-electron chi connectivity index (χ4n) is 3.31. The van der Waals surface area contributed by atoms with Crippen LogP contribution in [-0.4, -0.2) is 49.3 Å². The second-order valence-electron chi connectivity index (χ2n) is 7.76. The van der Waals surface area contributed by atoms with Crippen LogP contribution in [-0.2, 0) is 24.8 Å². The molecule has 2 aromatic heterocycles. The van der Waals surface area contributed by atoms with E-state index < -0.39 is 11.2 Å². The largest absolute Gasteiger partial charge is 0.344 e. The zero-order valence-electron chi connectivity index (χ0n) is 19.4. The standard InChI is InChI=1S/C22H32N6O3S/c1-5-7-8-9-11-16-24-19-18(21(30)27(4)22(31)28(19)13-6-2)20(25-16)32-15-17(29)26(3)14-10-12-23/h5-11,13-15H2,1-4H3. The molecule has 2 aromatic rings. The molecule has 1 amide bonds.